The smallest absolute Gasteiger partial charge is 0.243 e. The van der Waals surface area contributed by atoms with Gasteiger partial charge in [0.1, 0.15) is 13.7 Å². The molecule has 3 heterocycles. The zero-order chi connectivity index (χ0) is 23.7. The summed E-state index contributed by atoms with van der Waals surface area (Å²) < 4.78 is 29.0. The predicted octanol–water partition coefficient (Wildman–Crippen LogP) is 3.36. The Hall–Kier alpha value is -2.88. The van der Waals surface area contributed by atoms with Crippen LogP contribution in [-0.4, -0.2) is 54.8 Å². The molecule has 0 saturated carbocycles. The highest BCUT2D eigenvalue weighted by molar-refractivity contribution is 7.89. The molecule has 0 aliphatic carbocycles. The molecule has 0 unspecified atom stereocenters. The molecule has 34 heavy (non-hydrogen) atoms. The van der Waals surface area contributed by atoms with Gasteiger partial charge < -0.3 is 5.32 Å². The van der Waals surface area contributed by atoms with Crippen LogP contribution in [0.25, 0.3) is 16.9 Å². The van der Waals surface area contributed by atoms with Gasteiger partial charge in [-0.1, -0.05) is 48.0 Å². The van der Waals surface area contributed by atoms with E-state index in [1.807, 2.05) is 36.4 Å². The third kappa shape index (κ3) is 4.43. The number of benzene rings is 2. The lowest BCUT2D eigenvalue weighted by Gasteiger charge is -2.31. The molecule has 1 N–H and O–H groups in total. The summed E-state index contributed by atoms with van der Waals surface area (Å²) >= 11 is 6.40. The number of anilines is 1. The van der Waals surface area contributed by atoms with E-state index in [-0.39, 0.29) is 0 Å². The average molecular weight is 492 g/mol. The van der Waals surface area contributed by atoms with E-state index in [9.17, 15) is 8.42 Å². The monoisotopic (exact) mass is 491 g/mol. The van der Waals surface area contributed by atoms with Gasteiger partial charge in [-0.15, -0.1) is 0 Å². The van der Waals surface area contributed by atoms with Crippen molar-refractivity contribution in [1.82, 2.24) is 18.9 Å². The quantitative estimate of drug-likeness (QED) is 0.418. The Bertz CT molecular complexity index is 1420. The molecule has 4 aromatic rings. The number of hydrogen-bond acceptors (Lipinski definition) is 5. The van der Waals surface area contributed by atoms with E-state index < -0.39 is 10.0 Å². The molecule has 10 heteroatoms. The maximum atomic E-state index is 12.9. The number of hydrogen-bond donors (Lipinski definition) is 1. The van der Waals surface area contributed by atoms with Crippen molar-refractivity contribution in [3.63, 3.8) is 0 Å². The highest BCUT2D eigenvalue weighted by Crippen LogP contribution is 2.29. The van der Waals surface area contributed by atoms with Gasteiger partial charge in [0.25, 0.3) is 0 Å². The fourth-order valence-electron chi connectivity index (χ4n) is 4.26. The lowest BCUT2D eigenvalue weighted by atomic mass is 9.98. The van der Waals surface area contributed by atoms with E-state index in [1.54, 1.807) is 39.3 Å². The fraction of sp³-hybridized carbons (Fsp3) is 0.250. The summed E-state index contributed by atoms with van der Waals surface area (Å²) in [6.45, 7) is 1.67. The van der Waals surface area contributed by atoms with Crippen molar-refractivity contribution in [2.24, 2.45) is 5.92 Å². The molecule has 1 saturated heterocycles. The number of fused-ring (bicyclic) bond motifs is 1. The summed E-state index contributed by atoms with van der Waals surface area (Å²) in [4.78, 5) is 5.01. The third-order valence-corrected chi connectivity index (χ3v) is 8.42. The zero-order valence-electron chi connectivity index (χ0n) is 18.4. The largest absolute Gasteiger partial charge is 0.370 e. The number of aromatic nitrogens is 3. The summed E-state index contributed by atoms with van der Waals surface area (Å²) in [5.74, 6) is 1.08. The molecular formula is C24H23BClN5O2S. The molecule has 1 fully saturated rings. The highest BCUT2D eigenvalue weighted by Gasteiger charge is 2.29. The Morgan fingerprint density at radius 2 is 1.76 bits per heavy atom. The van der Waals surface area contributed by atoms with Crippen LogP contribution in [0.15, 0.2) is 71.8 Å². The normalized spacial score (nSPS) is 15.6. The summed E-state index contributed by atoms with van der Waals surface area (Å²) in [5.41, 5.74) is 2.56. The van der Waals surface area contributed by atoms with Crippen molar-refractivity contribution in [2.45, 2.75) is 17.7 Å². The van der Waals surface area contributed by atoms with Crippen LogP contribution in [0.4, 0.5) is 5.82 Å². The lowest BCUT2D eigenvalue weighted by Crippen LogP contribution is -2.39. The van der Waals surface area contributed by atoms with Gasteiger partial charge in [0.15, 0.2) is 5.65 Å². The minimum absolute atomic E-state index is 0.321. The molecule has 0 atom stereocenters. The van der Waals surface area contributed by atoms with Crippen LogP contribution in [0.5, 0.6) is 0 Å². The first kappa shape index (κ1) is 22.9. The molecule has 0 bridgehead atoms. The maximum Gasteiger partial charge on any atom is 0.243 e. The molecular weight excluding hydrogens is 469 g/mol. The molecule has 0 spiro atoms. The van der Waals surface area contributed by atoms with Crippen LogP contribution in [0.3, 0.4) is 0 Å². The van der Waals surface area contributed by atoms with Crippen molar-refractivity contribution in [2.75, 3.05) is 25.0 Å². The number of halogens is 1. The van der Waals surface area contributed by atoms with E-state index in [2.05, 4.69) is 15.4 Å². The van der Waals surface area contributed by atoms with Gasteiger partial charge >= 0.3 is 0 Å². The molecule has 7 nitrogen and oxygen atoms in total. The molecule has 1 aliphatic heterocycles. The van der Waals surface area contributed by atoms with Crippen LogP contribution < -0.4 is 10.8 Å². The Labute approximate surface area is 205 Å². The number of rotatable bonds is 6. The van der Waals surface area contributed by atoms with Crippen molar-refractivity contribution in [3.05, 3.63) is 71.9 Å². The Morgan fingerprint density at radius 3 is 2.50 bits per heavy atom. The Balaban J connectivity index is 1.31. The van der Waals surface area contributed by atoms with Gasteiger partial charge in [-0.2, -0.15) is 13.9 Å². The summed E-state index contributed by atoms with van der Waals surface area (Å²) in [5, 5.41) is 8.45. The second-order valence-corrected chi connectivity index (χ2v) is 10.7. The summed E-state index contributed by atoms with van der Waals surface area (Å²) in [6.07, 6.45) is 3.12. The fourth-order valence-corrected chi connectivity index (χ4v) is 5.98. The van der Waals surface area contributed by atoms with Crippen LogP contribution in [0.1, 0.15) is 12.8 Å². The topological polar surface area (TPSA) is 79.6 Å². The number of piperidine rings is 1. The van der Waals surface area contributed by atoms with Gasteiger partial charge in [-0.05, 0) is 42.4 Å². The number of sulfonamides is 1. The van der Waals surface area contributed by atoms with Crippen molar-refractivity contribution in [1.29, 1.82) is 0 Å². The van der Waals surface area contributed by atoms with Crippen LogP contribution in [0.2, 0.25) is 5.02 Å². The van der Waals surface area contributed by atoms with Crippen LogP contribution in [0, 0.1) is 5.92 Å². The molecule has 2 aromatic carbocycles. The third-order valence-electron chi connectivity index (χ3n) is 6.18. The van der Waals surface area contributed by atoms with Gasteiger partial charge in [-0.3, -0.25) is 0 Å². The molecule has 172 valence electrons. The standard InChI is InChI=1S/C24H23BClN5O2S/c25-20-16-28-31-23(14-22(29-24(20)31)19-8-4-5-9-21(19)26)27-15-17-10-12-30(13-11-17)34(32,33)18-6-2-1-3-7-18/h1-9,14,16-17,27H,10-13,15H2. The number of nitrogens with one attached hydrogen (secondary N) is 1. The Morgan fingerprint density at radius 1 is 1.06 bits per heavy atom. The van der Waals surface area contributed by atoms with Gasteiger partial charge in [0.2, 0.25) is 10.0 Å². The molecule has 1 aliphatic rings. The molecule has 5 rings (SSSR count). The van der Waals surface area contributed by atoms with Crippen molar-refractivity contribution in [3.8, 4) is 11.3 Å². The highest BCUT2D eigenvalue weighted by atomic mass is 35.5. The lowest BCUT2D eigenvalue weighted by molar-refractivity contribution is 0.282. The molecule has 0 amide bonds. The first-order chi connectivity index (χ1) is 16.4. The second-order valence-electron chi connectivity index (χ2n) is 8.38. The van der Waals surface area contributed by atoms with Crippen LogP contribution >= 0.6 is 11.6 Å². The van der Waals surface area contributed by atoms with Gasteiger partial charge in [-0.25, -0.2) is 13.4 Å². The second kappa shape index (κ2) is 9.41. The van der Waals surface area contributed by atoms with Crippen molar-refractivity contribution >= 4 is 46.4 Å². The van der Waals surface area contributed by atoms with Gasteiger partial charge in [0, 0.05) is 42.5 Å². The average Bonchev–Trinajstić information content (AvgIpc) is 3.24. The van der Waals surface area contributed by atoms with E-state index >= 15 is 0 Å². The van der Waals surface area contributed by atoms with Gasteiger partial charge in [0.05, 0.1) is 10.6 Å². The molecule has 2 aromatic heterocycles. The van der Waals surface area contributed by atoms with E-state index in [0.29, 0.717) is 52.3 Å². The minimum Gasteiger partial charge on any atom is -0.370 e. The van der Waals surface area contributed by atoms with Crippen LogP contribution in [-0.2, 0) is 10.0 Å². The van der Waals surface area contributed by atoms with E-state index in [4.69, 9.17) is 19.4 Å². The maximum absolute atomic E-state index is 12.9. The van der Waals surface area contributed by atoms with Crippen molar-refractivity contribution < 1.29 is 8.42 Å². The zero-order valence-corrected chi connectivity index (χ0v) is 20.0. The minimum atomic E-state index is -3.45. The Kier molecular flexibility index (Phi) is 6.33. The first-order valence-corrected chi connectivity index (χ1v) is 12.9. The SMILES string of the molecule is [B]c1cnn2c(NCC3CCN(S(=O)(=O)c4ccccc4)CC3)cc(-c3ccccc3Cl)nc12. The molecule has 2 radical (unpaired) electrons. The predicted molar refractivity (Wildman–Crippen MR) is 135 cm³/mol. The van der Waals surface area contributed by atoms with E-state index in [0.717, 1.165) is 24.2 Å². The number of nitrogens with zero attached hydrogens (tertiary/aromatic N) is 4. The first-order valence-electron chi connectivity index (χ1n) is 11.1. The summed E-state index contributed by atoms with van der Waals surface area (Å²) in [6, 6.07) is 18.0. The van der Waals surface area contributed by atoms with E-state index in [1.165, 1.54) is 0 Å². The summed E-state index contributed by atoms with van der Waals surface area (Å²) in [7, 11) is 2.65.